The Morgan fingerprint density at radius 2 is 1.87 bits per heavy atom. The second kappa shape index (κ2) is 4.49. The molecule has 0 N–H and O–H groups in total. The van der Waals surface area contributed by atoms with Crippen LogP contribution in [-0.4, -0.2) is 19.6 Å². The van der Waals surface area contributed by atoms with Gasteiger partial charge in [-0.3, -0.25) is 10.1 Å². The van der Waals surface area contributed by atoms with E-state index in [4.69, 9.17) is 0 Å². The summed E-state index contributed by atoms with van der Waals surface area (Å²) in [6.07, 6.45) is 1.57. The van der Waals surface area contributed by atoms with Gasteiger partial charge in [0.15, 0.2) is 0 Å². The third-order valence-corrected chi connectivity index (χ3v) is 3.92. The van der Waals surface area contributed by atoms with Gasteiger partial charge in [-0.05, 0) is 18.4 Å². The lowest BCUT2D eigenvalue weighted by Crippen LogP contribution is -1.96. The molecule has 6 nitrogen and oxygen atoms in total. The van der Waals surface area contributed by atoms with Gasteiger partial charge in [-0.25, -0.2) is 0 Å². The first-order valence-electron chi connectivity index (χ1n) is 3.78. The molecule has 15 heavy (non-hydrogen) atoms. The van der Waals surface area contributed by atoms with E-state index in [1.807, 2.05) is 0 Å². The monoisotopic (exact) mass is 248 g/mol. The molecule has 0 unspecified atom stereocenters. The topological polar surface area (TPSA) is 89.6 Å². The van der Waals surface area contributed by atoms with E-state index in [1.54, 1.807) is 6.26 Å². The minimum atomic E-state index is -3.66. The Morgan fingerprint density at radius 3 is 2.27 bits per heavy atom. The van der Waals surface area contributed by atoms with Gasteiger partial charge in [0.25, 0.3) is 15.7 Å². The second-order valence-electron chi connectivity index (χ2n) is 2.51. The van der Waals surface area contributed by atoms with Gasteiger partial charge in [0.1, 0.15) is 0 Å². The molecule has 0 aliphatic carbocycles. The summed E-state index contributed by atoms with van der Waals surface area (Å²) >= 11 is 0.374. The molecule has 0 radical (unpaired) electrons. The predicted molar refractivity (Wildman–Crippen MR) is 57.4 cm³/mol. The minimum Gasteiger partial charge on any atom is -0.258 e. The van der Waals surface area contributed by atoms with Crippen molar-refractivity contribution in [2.45, 2.75) is 4.90 Å². The number of nitrogens with zero attached hydrogens (tertiary/aromatic N) is 2. The molecule has 0 amide bonds. The average Bonchev–Trinajstić information content (AvgIpc) is 2.18. The molecule has 8 heteroatoms. The van der Waals surface area contributed by atoms with Crippen molar-refractivity contribution in [1.82, 2.24) is 0 Å². The van der Waals surface area contributed by atoms with E-state index in [2.05, 4.69) is 3.77 Å². The molecule has 0 saturated heterocycles. The molecule has 0 aliphatic rings. The molecule has 0 fully saturated rings. The van der Waals surface area contributed by atoms with E-state index in [1.165, 1.54) is 12.1 Å². The second-order valence-corrected chi connectivity index (χ2v) is 4.98. The number of hydrogen-bond acceptors (Lipinski definition) is 4. The van der Waals surface area contributed by atoms with Crippen LogP contribution in [0.4, 0.5) is 5.69 Å². The number of thiol groups is 1. The van der Waals surface area contributed by atoms with Gasteiger partial charge in [-0.15, -0.1) is 3.77 Å². The fourth-order valence-electron chi connectivity index (χ4n) is 0.894. The lowest BCUT2D eigenvalue weighted by atomic mass is 10.3. The van der Waals surface area contributed by atoms with E-state index < -0.39 is 14.9 Å². The van der Waals surface area contributed by atoms with Gasteiger partial charge in [0, 0.05) is 12.1 Å². The zero-order valence-corrected chi connectivity index (χ0v) is 9.40. The average molecular weight is 248 g/mol. The van der Waals surface area contributed by atoms with Crippen molar-refractivity contribution in [3.63, 3.8) is 0 Å². The number of nitro benzene ring substituents is 1. The molecule has 0 bridgehead atoms. The number of nitro groups is 1. The Bertz CT molecular complexity index is 492. The molecule has 1 aromatic carbocycles. The van der Waals surface area contributed by atoms with Gasteiger partial charge in [-0.2, -0.15) is 8.42 Å². The highest BCUT2D eigenvalue weighted by atomic mass is 32.2. The summed E-state index contributed by atoms with van der Waals surface area (Å²) in [5.41, 5.74) is -0.150. The largest absolute Gasteiger partial charge is 0.287 e. The van der Waals surface area contributed by atoms with Crippen molar-refractivity contribution in [3.05, 3.63) is 34.4 Å². The lowest BCUT2D eigenvalue weighted by Gasteiger charge is -1.96. The molecule has 1 rings (SSSR count). The Morgan fingerprint density at radius 1 is 1.33 bits per heavy atom. The van der Waals surface area contributed by atoms with Crippen LogP contribution in [0.5, 0.6) is 0 Å². The standard InChI is InChI=1S/C7H8N2O4S2/c1-14-8-15(12,13)7-4-2-6(3-5-7)9(10)11/h2-5,14H,1H3. The molecule has 1 aromatic rings. The maximum atomic E-state index is 11.4. The number of rotatable bonds is 3. The Balaban J connectivity index is 3.15. The highest BCUT2D eigenvalue weighted by Crippen LogP contribution is 2.17. The van der Waals surface area contributed by atoms with Crippen LogP contribution < -0.4 is 0 Å². The Hall–Kier alpha value is -1.28. The third kappa shape index (κ3) is 2.83. The van der Waals surface area contributed by atoms with E-state index in [0.29, 0.717) is 11.6 Å². The van der Waals surface area contributed by atoms with E-state index in [9.17, 15) is 18.5 Å². The molecule has 0 aromatic heterocycles. The summed E-state index contributed by atoms with van der Waals surface area (Å²) < 4.78 is 26.1. The van der Waals surface area contributed by atoms with Crippen molar-refractivity contribution in [3.8, 4) is 0 Å². The van der Waals surface area contributed by atoms with Gasteiger partial charge in [-0.1, -0.05) is 11.6 Å². The molecule has 82 valence electrons. The summed E-state index contributed by atoms with van der Waals surface area (Å²) in [6, 6.07) is 4.61. The summed E-state index contributed by atoms with van der Waals surface area (Å²) in [7, 11) is -3.66. The van der Waals surface area contributed by atoms with Crippen molar-refractivity contribution >= 4 is 27.3 Å². The zero-order valence-electron chi connectivity index (χ0n) is 7.69. The van der Waals surface area contributed by atoms with Crippen LogP contribution in [0.2, 0.25) is 0 Å². The zero-order chi connectivity index (χ0) is 11.5. The smallest absolute Gasteiger partial charge is 0.258 e. The van der Waals surface area contributed by atoms with Crippen molar-refractivity contribution < 1.29 is 13.3 Å². The number of sulfonamides is 1. The Kier molecular flexibility index (Phi) is 3.53. The molecule has 0 spiro atoms. The van der Waals surface area contributed by atoms with Crippen LogP contribution in [0.3, 0.4) is 0 Å². The first kappa shape index (κ1) is 11.8. The highest BCUT2D eigenvalue weighted by Gasteiger charge is 2.13. The fraction of sp³-hybridized carbons (Fsp3) is 0.143. The maximum Gasteiger partial charge on any atom is 0.287 e. The van der Waals surface area contributed by atoms with Crippen LogP contribution >= 0.6 is 0 Å². The van der Waals surface area contributed by atoms with Gasteiger partial charge in [0.05, 0.1) is 9.82 Å². The number of non-ortho nitro benzene ring substituents is 1. The van der Waals surface area contributed by atoms with E-state index in [-0.39, 0.29) is 10.6 Å². The number of hydrogen-bond donors (Lipinski definition) is 1. The normalized spacial score (nSPS) is 12.3. The van der Waals surface area contributed by atoms with Crippen LogP contribution in [0.1, 0.15) is 0 Å². The summed E-state index contributed by atoms with van der Waals surface area (Å²) in [5.74, 6) is 0. The predicted octanol–water partition coefficient (Wildman–Crippen LogP) is 0.912. The van der Waals surface area contributed by atoms with Crippen molar-refractivity contribution in [2.24, 2.45) is 3.77 Å². The van der Waals surface area contributed by atoms with Crippen LogP contribution in [-0.2, 0) is 21.6 Å². The van der Waals surface area contributed by atoms with Crippen LogP contribution in [0.25, 0.3) is 0 Å². The maximum absolute atomic E-state index is 11.4. The van der Waals surface area contributed by atoms with Crippen molar-refractivity contribution in [2.75, 3.05) is 6.26 Å². The quantitative estimate of drug-likeness (QED) is 0.489. The molecule has 0 heterocycles. The van der Waals surface area contributed by atoms with Gasteiger partial charge >= 0.3 is 0 Å². The molecular formula is C7H8N2O4S2. The summed E-state index contributed by atoms with van der Waals surface area (Å²) in [4.78, 5) is 9.69. The number of benzene rings is 1. The lowest BCUT2D eigenvalue weighted by molar-refractivity contribution is -0.384. The van der Waals surface area contributed by atoms with Crippen LogP contribution in [0, 0.1) is 10.1 Å². The SMILES string of the molecule is C[SH]=NS(=O)(=O)c1ccc([N+](=O)[O-])cc1. The fourth-order valence-corrected chi connectivity index (χ4v) is 2.61. The van der Waals surface area contributed by atoms with E-state index >= 15 is 0 Å². The van der Waals surface area contributed by atoms with Gasteiger partial charge in [0.2, 0.25) is 0 Å². The molecular weight excluding hydrogens is 240 g/mol. The molecule has 0 atom stereocenters. The minimum absolute atomic E-state index is 0.0394. The third-order valence-electron chi connectivity index (χ3n) is 1.53. The van der Waals surface area contributed by atoms with Gasteiger partial charge < -0.3 is 0 Å². The Labute approximate surface area is 90.3 Å². The van der Waals surface area contributed by atoms with E-state index in [0.717, 1.165) is 12.1 Å². The van der Waals surface area contributed by atoms with Crippen LogP contribution in [0.15, 0.2) is 32.9 Å². The summed E-state index contributed by atoms with van der Waals surface area (Å²) in [5, 5.41) is 10.3. The molecule has 0 saturated carbocycles. The molecule has 0 aliphatic heterocycles. The summed E-state index contributed by atoms with van der Waals surface area (Å²) in [6.45, 7) is 0. The highest BCUT2D eigenvalue weighted by molar-refractivity contribution is 7.94. The first-order valence-corrected chi connectivity index (χ1v) is 6.51. The van der Waals surface area contributed by atoms with Crippen molar-refractivity contribution in [1.29, 1.82) is 0 Å². The first-order chi connectivity index (χ1) is 6.97.